The van der Waals surface area contributed by atoms with Crippen molar-refractivity contribution in [2.45, 2.75) is 39.3 Å². The van der Waals surface area contributed by atoms with Crippen molar-refractivity contribution < 1.29 is 0 Å². The summed E-state index contributed by atoms with van der Waals surface area (Å²) in [6, 6.07) is 8.26. The third-order valence-corrected chi connectivity index (χ3v) is 2.95. The topological polar surface area (TPSA) is 24.1 Å². The summed E-state index contributed by atoms with van der Waals surface area (Å²) in [5.74, 6) is 0. The van der Waals surface area contributed by atoms with Crippen LogP contribution in [-0.2, 0) is 0 Å². The molecule has 0 fully saturated rings. The molecule has 0 amide bonds. The number of benzene rings is 1. The molecule has 0 aliphatic carbocycles. The summed E-state index contributed by atoms with van der Waals surface area (Å²) in [7, 11) is 0. The second-order valence-corrected chi connectivity index (χ2v) is 5.78. The van der Waals surface area contributed by atoms with Crippen molar-refractivity contribution in [1.82, 2.24) is 10.6 Å². The lowest BCUT2D eigenvalue weighted by Crippen LogP contribution is -2.40. The Morgan fingerprint density at radius 2 is 1.82 bits per heavy atom. The molecule has 17 heavy (non-hydrogen) atoms. The zero-order valence-electron chi connectivity index (χ0n) is 11.2. The summed E-state index contributed by atoms with van der Waals surface area (Å²) >= 11 is 6.15. The van der Waals surface area contributed by atoms with E-state index in [1.54, 1.807) is 0 Å². The van der Waals surface area contributed by atoms with Gasteiger partial charge in [-0.15, -0.1) is 0 Å². The summed E-state index contributed by atoms with van der Waals surface area (Å²) in [5, 5.41) is 7.74. The van der Waals surface area contributed by atoms with Gasteiger partial charge in [0, 0.05) is 29.7 Å². The quantitative estimate of drug-likeness (QED) is 0.788. The minimum atomic E-state index is 0.176. The number of hydrogen-bond acceptors (Lipinski definition) is 2. The lowest BCUT2D eigenvalue weighted by molar-refractivity contribution is 0.414. The zero-order chi connectivity index (χ0) is 12.9. The monoisotopic (exact) mass is 254 g/mol. The predicted molar refractivity (Wildman–Crippen MR) is 75.6 cm³/mol. The molecule has 1 aromatic carbocycles. The van der Waals surface area contributed by atoms with E-state index in [-0.39, 0.29) is 11.6 Å². The van der Waals surface area contributed by atoms with Gasteiger partial charge in [-0.2, -0.15) is 0 Å². The number of halogens is 1. The van der Waals surface area contributed by atoms with E-state index in [0.717, 1.165) is 23.7 Å². The van der Waals surface area contributed by atoms with Crippen molar-refractivity contribution >= 4 is 11.6 Å². The van der Waals surface area contributed by atoms with Crippen molar-refractivity contribution in [2.75, 3.05) is 13.1 Å². The third-order valence-electron chi connectivity index (χ3n) is 2.60. The fourth-order valence-corrected chi connectivity index (χ4v) is 1.96. The lowest BCUT2D eigenvalue weighted by Gasteiger charge is -2.22. The van der Waals surface area contributed by atoms with Gasteiger partial charge in [0.15, 0.2) is 0 Å². The van der Waals surface area contributed by atoms with Gasteiger partial charge in [-0.1, -0.05) is 29.8 Å². The van der Waals surface area contributed by atoms with Crippen molar-refractivity contribution in [1.29, 1.82) is 0 Å². The summed E-state index contributed by atoms with van der Waals surface area (Å²) in [5.41, 5.74) is 1.33. The maximum Gasteiger partial charge on any atom is 0.0453 e. The normalized spacial score (nSPS) is 13.7. The van der Waals surface area contributed by atoms with Crippen LogP contribution >= 0.6 is 11.6 Å². The molecule has 1 aromatic rings. The van der Waals surface area contributed by atoms with Gasteiger partial charge < -0.3 is 10.6 Å². The Morgan fingerprint density at radius 1 is 1.18 bits per heavy atom. The van der Waals surface area contributed by atoms with Crippen LogP contribution < -0.4 is 10.6 Å². The van der Waals surface area contributed by atoms with Crippen molar-refractivity contribution in [3.8, 4) is 0 Å². The lowest BCUT2D eigenvalue weighted by atomic mass is 10.1. The Balaban J connectivity index is 2.36. The highest BCUT2D eigenvalue weighted by molar-refractivity contribution is 6.31. The molecule has 1 atom stereocenters. The van der Waals surface area contributed by atoms with Crippen molar-refractivity contribution in [3.05, 3.63) is 34.9 Å². The molecule has 0 aliphatic rings. The van der Waals surface area contributed by atoms with E-state index < -0.39 is 0 Å². The first-order valence-corrected chi connectivity index (χ1v) is 6.51. The third kappa shape index (κ3) is 5.53. The van der Waals surface area contributed by atoms with E-state index in [9.17, 15) is 0 Å². The van der Waals surface area contributed by atoms with Crippen LogP contribution in [0.2, 0.25) is 5.02 Å². The Hall–Kier alpha value is -0.570. The van der Waals surface area contributed by atoms with Gasteiger partial charge in [-0.3, -0.25) is 0 Å². The highest BCUT2D eigenvalue weighted by Gasteiger charge is 2.10. The average Bonchev–Trinajstić information content (AvgIpc) is 2.23. The Bertz CT molecular complexity index is 344. The molecule has 1 rings (SSSR count). The van der Waals surface area contributed by atoms with E-state index in [1.807, 2.05) is 18.2 Å². The van der Waals surface area contributed by atoms with Crippen LogP contribution in [0.5, 0.6) is 0 Å². The summed E-state index contributed by atoms with van der Waals surface area (Å²) < 4.78 is 0. The summed E-state index contributed by atoms with van der Waals surface area (Å²) in [6.07, 6.45) is 0. The maximum atomic E-state index is 6.15. The SMILES string of the molecule is C[C@H](NCCNC(C)(C)C)c1ccccc1Cl. The van der Waals surface area contributed by atoms with E-state index >= 15 is 0 Å². The van der Waals surface area contributed by atoms with Crippen molar-refractivity contribution in [2.24, 2.45) is 0 Å². The largest absolute Gasteiger partial charge is 0.311 e. The van der Waals surface area contributed by atoms with Crippen LogP contribution in [0.15, 0.2) is 24.3 Å². The van der Waals surface area contributed by atoms with Gasteiger partial charge in [0.25, 0.3) is 0 Å². The number of hydrogen-bond donors (Lipinski definition) is 2. The fraction of sp³-hybridized carbons (Fsp3) is 0.571. The molecule has 0 heterocycles. The molecule has 2 nitrogen and oxygen atoms in total. The number of nitrogens with one attached hydrogen (secondary N) is 2. The second-order valence-electron chi connectivity index (χ2n) is 5.37. The summed E-state index contributed by atoms with van der Waals surface area (Å²) in [4.78, 5) is 0. The van der Waals surface area contributed by atoms with E-state index in [0.29, 0.717) is 0 Å². The smallest absolute Gasteiger partial charge is 0.0453 e. The van der Waals surface area contributed by atoms with E-state index in [4.69, 9.17) is 11.6 Å². The zero-order valence-corrected chi connectivity index (χ0v) is 11.9. The molecule has 0 aliphatic heterocycles. The molecule has 3 heteroatoms. The minimum Gasteiger partial charge on any atom is -0.311 e. The average molecular weight is 255 g/mol. The minimum absolute atomic E-state index is 0.176. The molecule has 0 spiro atoms. The van der Waals surface area contributed by atoms with Crippen LogP contribution in [0.4, 0.5) is 0 Å². The molecule has 96 valence electrons. The Morgan fingerprint density at radius 3 is 2.41 bits per heavy atom. The van der Waals surface area contributed by atoms with Crippen LogP contribution in [0, 0.1) is 0 Å². The molecule has 2 N–H and O–H groups in total. The van der Waals surface area contributed by atoms with Crippen LogP contribution in [0.1, 0.15) is 39.3 Å². The predicted octanol–water partition coefficient (Wildman–Crippen LogP) is 3.38. The molecular weight excluding hydrogens is 232 g/mol. The fourth-order valence-electron chi connectivity index (χ4n) is 1.66. The standard InChI is InChI=1S/C14H23ClN2/c1-11(12-7-5-6-8-13(12)15)16-9-10-17-14(2,3)4/h5-8,11,16-17H,9-10H2,1-4H3/t11-/m0/s1. The van der Waals surface area contributed by atoms with Gasteiger partial charge in [0.2, 0.25) is 0 Å². The van der Waals surface area contributed by atoms with Crippen LogP contribution in [-0.4, -0.2) is 18.6 Å². The first-order valence-electron chi connectivity index (χ1n) is 6.13. The number of rotatable bonds is 5. The Labute approximate surface area is 110 Å². The molecule has 0 radical (unpaired) electrons. The molecule has 0 bridgehead atoms. The first kappa shape index (κ1) is 14.5. The van der Waals surface area contributed by atoms with Gasteiger partial charge in [-0.25, -0.2) is 0 Å². The molecule has 0 saturated heterocycles. The van der Waals surface area contributed by atoms with Crippen LogP contribution in [0.25, 0.3) is 0 Å². The van der Waals surface area contributed by atoms with Crippen LogP contribution in [0.3, 0.4) is 0 Å². The van der Waals surface area contributed by atoms with Gasteiger partial charge in [0.05, 0.1) is 0 Å². The highest BCUT2D eigenvalue weighted by atomic mass is 35.5. The van der Waals surface area contributed by atoms with E-state index in [1.165, 1.54) is 0 Å². The van der Waals surface area contributed by atoms with Gasteiger partial charge in [0.1, 0.15) is 0 Å². The molecule has 0 aromatic heterocycles. The highest BCUT2D eigenvalue weighted by Crippen LogP contribution is 2.21. The van der Waals surface area contributed by atoms with Gasteiger partial charge in [-0.05, 0) is 39.3 Å². The van der Waals surface area contributed by atoms with Crippen molar-refractivity contribution in [3.63, 3.8) is 0 Å². The van der Waals surface area contributed by atoms with E-state index in [2.05, 4.69) is 44.4 Å². The molecular formula is C14H23ClN2. The van der Waals surface area contributed by atoms with Gasteiger partial charge >= 0.3 is 0 Å². The summed E-state index contributed by atoms with van der Waals surface area (Å²) in [6.45, 7) is 10.5. The maximum absolute atomic E-state index is 6.15. The second kappa shape index (κ2) is 6.39. The first-order chi connectivity index (χ1) is 7.90. The Kier molecular flexibility index (Phi) is 5.44. The molecule has 0 unspecified atom stereocenters. The molecule has 0 saturated carbocycles.